The smallest absolute Gasteiger partial charge is 0.232 e. The Morgan fingerprint density at radius 1 is 0.893 bits per heavy atom. The maximum atomic E-state index is 12.9. The van der Waals surface area contributed by atoms with E-state index in [9.17, 15) is 19.8 Å². The number of rotatable bonds is 3. The van der Waals surface area contributed by atoms with Gasteiger partial charge in [0.1, 0.15) is 5.75 Å². The number of ether oxygens (including phenoxy) is 1. The molecule has 6 heteroatoms. The molecule has 0 radical (unpaired) electrons. The lowest BCUT2D eigenvalue weighted by Gasteiger charge is -2.18. The van der Waals surface area contributed by atoms with Crippen LogP contribution in [-0.4, -0.2) is 33.9 Å². The van der Waals surface area contributed by atoms with Crippen LogP contribution < -0.4 is 4.74 Å². The quantitative estimate of drug-likeness (QED) is 0.604. The van der Waals surface area contributed by atoms with Gasteiger partial charge in [0.2, 0.25) is 11.6 Å². The zero-order valence-corrected chi connectivity index (χ0v) is 15.2. The maximum absolute atomic E-state index is 12.9. The third kappa shape index (κ3) is 2.50. The third-order valence-electron chi connectivity index (χ3n) is 4.93. The van der Waals surface area contributed by atoms with E-state index in [-0.39, 0.29) is 11.1 Å². The molecule has 140 valence electrons. The highest BCUT2D eigenvalue weighted by Gasteiger charge is 2.37. The van der Waals surface area contributed by atoms with Gasteiger partial charge >= 0.3 is 0 Å². The van der Waals surface area contributed by atoms with Crippen molar-refractivity contribution in [3.05, 3.63) is 76.9 Å². The molecular formula is C22H17NO5. The lowest BCUT2D eigenvalue weighted by atomic mass is 9.86. The molecule has 1 aromatic heterocycles. The van der Waals surface area contributed by atoms with E-state index < -0.39 is 23.1 Å². The Morgan fingerprint density at radius 3 is 2.21 bits per heavy atom. The first-order chi connectivity index (χ1) is 13.4. The summed E-state index contributed by atoms with van der Waals surface area (Å²) in [5.74, 6) is -2.42. The number of carbonyl (C=O) groups excluding carboxylic acids is 2. The number of H-pyrrole nitrogens is 1. The number of aryl methyl sites for hydroxylation is 1. The lowest BCUT2D eigenvalue weighted by Crippen LogP contribution is -2.22. The second kappa shape index (κ2) is 6.42. The molecule has 2 aromatic carbocycles. The number of methoxy groups -OCH3 is 1. The van der Waals surface area contributed by atoms with Crippen molar-refractivity contribution in [1.82, 2.24) is 4.98 Å². The zero-order valence-electron chi connectivity index (χ0n) is 15.2. The molecule has 0 saturated carbocycles. The highest BCUT2D eigenvalue weighted by atomic mass is 16.5. The van der Waals surface area contributed by atoms with Gasteiger partial charge in [0.05, 0.1) is 18.3 Å². The molecule has 0 fully saturated rings. The van der Waals surface area contributed by atoms with E-state index in [2.05, 4.69) is 4.98 Å². The van der Waals surface area contributed by atoms with Crippen LogP contribution in [0, 0.1) is 6.92 Å². The van der Waals surface area contributed by atoms with Gasteiger partial charge in [0.15, 0.2) is 11.5 Å². The van der Waals surface area contributed by atoms with E-state index >= 15 is 0 Å². The zero-order chi connectivity index (χ0) is 20.0. The number of aromatic nitrogens is 1. The molecule has 0 atom stereocenters. The largest absolute Gasteiger partial charge is 0.504 e. The summed E-state index contributed by atoms with van der Waals surface area (Å²) >= 11 is 0. The molecule has 6 nitrogen and oxygen atoms in total. The van der Waals surface area contributed by atoms with Gasteiger partial charge < -0.3 is 19.9 Å². The third-order valence-corrected chi connectivity index (χ3v) is 4.93. The first kappa shape index (κ1) is 17.6. The summed E-state index contributed by atoms with van der Waals surface area (Å²) in [6.07, 6.45) is 1.56. The minimum atomic E-state index is -0.806. The highest BCUT2D eigenvalue weighted by molar-refractivity contribution is 6.47. The van der Waals surface area contributed by atoms with Gasteiger partial charge in [0, 0.05) is 22.7 Å². The van der Waals surface area contributed by atoms with Crippen LogP contribution in [0.5, 0.6) is 5.75 Å². The Bertz CT molecular complexity index is 1200. The number of benzene rings is 2. The van der Waals surface area contributed by atoms with E-state index in [0.717, 1.165) is 11.1 Å². The van der Waals surface area contributed by atoms with E-state index in [4.69, 9.17) is 4.74 Å². The number of aliphatic hydroxyl groups excluding tert-OH is 2. The molecule has 1 aliphatic carbocycles. The van der Waals surface area contributed by atoms with Crippen molar-refractivity contribution in [3.63, 3.8) is 0 Å². The monoisotopic (exact) mass is 375 g/mol. The van der Waals surface area contributed by atoms with Crippen molar-refractivity contribution in [1.29, 1.82) is 0 Å². The standard InChI is InChI=1S/C22H17NO5/c1-11-4-3-5-14-15(10-23-18(11)14)17-21(26)19(24)16(20(25)22(17)27)12-6-8-13(28-2)9-7-12/h3-10,23-24,27H,1-2H3. The molecule has 28 heavy (non-hydrogen) atoms. The minimum absolute atomic E-state index is 0.211. The predicted octanol–water partition coefficient (Wildman–Crippen LogP) is 3.88. The van der Waals surface area contributed by atoms with Crippen molar-refractivity contribution in [2.24, 2.45) is 0 Å². The minimum Gasteiger partial charge on any atom is -0.504 e. The fraction of sp³-hybridized carbons (Fsp3) is 0.0909. The average molecular weight is 375 g/mol. The van der Waals surface area contributed by atoms with Crippen LogP contribution in [0.4, 0.5) is 0 Å². The number of fused-ring (bicyclic) bond motifs is 1. The molecule has 4 rings (SSSR count). The molecule has 1 heterocycles. The number of hydrogen-bond donors (Lipinski definition) is 3. The molecule has 0 bridgehead atoms. The Hall–Kier alpha value is -3.80. The van der Waals surface area contributed by atoms with Crippen LogP contribution in [0.3, 0.4) is 0 Å². The number of hydrogen-bond acceptors (Lipinski definition) is 5. The summed E-state index contributed by atoms with van der Waals surface area (Å²) < 4.78 is 5.08. The number of Topliss-reactive ketones (excluding diaryl/α,β-unsaturated/α-hetero) is 2. The molecular weight excluding hydrogens is 358 g/mol. The van der Waals surface area contributed by atoms with Crippen molar-refractivity contribution < 1.29 is 24.5 Å². The summed E-state index contributed by atoms with van der Waals surface area (Å²) in [5.41, 5.74) is 1.99. The summed E-state index contributed by atoms with van der Waals surface area (Å²) in [6.45, 7) is 1.91. The summed E-state index contributed by atoms with van der Waals surface area (Å²) in [6, 6.07) is 11.8. The first-order valence-corrected chi connectivity index (χ1v) is 8.61. The Labute approximate surface area is 160 Å². The number of allylic oxidation sites excluding steroid dienone is 2. The molecule has 0 amide bonds. The van der Waals surface area contributed by atoms with Crippen molar-refractivity contribution in [3.8, 4) is 5.75 Å². The van der Waals surface area contributed by atoms with E-state index in [0.29, 0.717) is 22.3 Å². The van der Waals surface area contributed by atoms with Gasteiger partial charge in [-0.2, -0.15) is 0 Å². The SMILES string of the molecule is COc1ccc(C2=C(O)C(=O)C(c3c[nH]c4c(C)cccc34)=C(O)C2=O)cc1. The van der Waals surface area contributed by atoms with Crippen LogP contribution in [-0.2, 0) is 9.59 Å². The number of carbonyl (C=O) groups is 2. The van der Waals surface area contributed by atoms with Crippen LogP contribution >= 0.6 is 0 Å². The number of aromatic amines is 1. The second-order valence-electron chi connectivity index (χ2n) is 6.53. The van der Waals surface area contributed by atoms with Crippen LogP contribution in [0.1, 0.15) is 16.7 Å². The average Bonchev–Trinajstić information content (AvgIpc) is 3.13. The number of ketones is 2. The van der Waals surface area contributed by atoms with Crippen molar-refractivity contribution >= 4 is 33.6 Å². The van der Waals surface area contributed by atoms with Crippen LogP contribution in [0.2, 0.25) is 0 Å². The Morgan fingerprint density at radius 2 is 1.54 bits per heavy atom. The van der Waals surface area contributed by atoms with Crippen molar-refractivity contribution in [2.75, 3.05) is 7.11 Å². The summed E-state index contributed by atoms with van der Waals surface area (Å²) in [7, 11) is 1.50. The lowest BCUT2D eigenvalue weighted by molar-refractivity contribution is -0.116. The predicted molar refractivity (Wildman–Crippen MR) is 105 cm³/mol. The van der Waals surface area contributed by atoms with E-state index in [1.165, 1.54) is 7.11 Å². The molecule has 0 aliphatic heterocycles. The normalized spacial score (nSPS) is 14.9. The maximum Gasteiger partial charge on any atom is 0.232 e. The van der Waals surface area contributed by atoms with Gasteiger partial charge in [-0.3, -0.25) is 9.59 Å². The van der Waals surface area contributed by atoms with Gasteiger partial charge in [-0.15, -0.1) is 0 Å². The molecule has 3 N–H and O–H groups in total. The Kier molecular flexibility index (Phi) is 4.04. The molecule has 0 unspecified atom stereocenters. The number of para-hydroxylation sites is 1. The van der Waals surface area contributed by atoms with Crippen molar-refractivity contribution in [2.45, 2.75) is 6.92 Å². The molecule has 3 aromatic rings. The van der Waals surface area contributed by atoms with Gasteiger partial charge in [0.25, 0.3) is 0 Å². The van der Waals surface area contributed by atoms with Gasteiger partial charge in [-0.1, -0.05) is 30.3 Å². The first-order valence-electron chi connectivity index (χ1n) is 8.61. The number of nitrogens with one attached hydrogen (secondary N) is 1. The topological polar surface area (TPSA) is 99.6 Å². The molecule has 0 saturated heterocycles. The van der Waals surface area contributed by atoms with Gasteiger partial charge in [-0.05, 0) is 30.2 Å². The summed E-state index contributed by atoms with van der Waals surface area (Å²) in [5, 5.41) is 21.8. The molecule has 0 spiro atoms. The fourth-order valence-electron chi connectivity index (χ4n) is 3.47. The Balaban J connectivity index is 1.86. The fourth-order valence-corrected chi connectivity index (χ4v) is 3.47. The van der Waals surface area contributed by atoms with Crippen LogP contribution in [0.15, 0.2) is 60.2 Å². The van der Waals surface area contributed by atoms with E-state index in [1.54, 1.807) is 36.5 Å². The van der Waals surface area contributed by atoms with E-state index in [1.807, 2.05) is 19.1 Å². The molecule has 1 aliphatic rings. The number of aliphatic hydroxyl groups is 2. The van der Waals surface area contributed by atoms with Crippen LogP contribution in [0.25, 0.3) is 22.0 Å². The van der Waals surface area contributed by atoms with Gasteiger partial charge in [-0.25, -0.2) is 0 Å². The highest BCUT2D eigenvalue weighted by Crippen LogP contribution is 2.37. The summed E-state index contributed by atoms with van der Waals surface area (Å²) in [4.78, 5) is 28.8. The second-order valence-corrected chi connectivity index (χ2v) is 6.53.